The molecule has 0 fully saturated rings. The Morgan fingerprint density at radius 3 is 2.67 bits per heavy atom. The number of hydrogen-bond donors (Lipinski definition) is 3. The summed E-state index contributed by atoms with van der Waals surface area (Å²) in [6, 6.07) is 8.22. The summed E-state index contributed by atoms with van der Waals surface area (Å²) in [5, 5.41) is 10.4. The molecule has 0 bridgehead atoms. The number of nitrogens with zero attached hydrogens (tertiary/aromatic N) is 4. The van der Waals surface area contributed by atoms with Crippen molar-refractivity contribution in [1.29, 1.82) is 0 Å². The summed E-state index contributed by atoms with van der Waals surface area (Å²) in [4.78, 5) is 20.3. The summed E-state index contributed by atoms with van der Waals surface area (Å²) >= 11 is 0. The zero-order valence-corrected chi connectivity index (χ0v) is 15.4. The molecule has 2 aromatic heterocycles. The van der Waals surface area contributed by atoms with Crippen LogP contribution in [0.25, 0.3) is 0 Å². The number of aromatic nitrogens is 4. The maximum absolute atomic E-state index is 11.7. The zero-order chi connectivity index (χ0) is 19.2. The summed E-state index contributed by atoms with van der Waals surface area (Å²) in [5.74, 6) is 0.180. The van der Waals surface area contributed by atoms with E-state index in [9.17, 15) is 4.79 Å². The van der Waals surface area contributed by atoms with Crippen molar-refractivity contribution in [2.75, 3.05) is 10.6 Å². The number of rotatable bonds is 8. The van der Waals surface area contributed by atoms with E-state index in [1.807, 2.05) is 19.2 Å². The Balaban J connectivity index is 1.82. The summed E-state index contributed by atoms with van der Waals surface area (Å²) in [6.07, 6.45) is 6.96. The molecule has 27 heavy (non-hydrogen) atoms. The quantitative estimate of drug-likeness (QED) is 0.566. The molecule has 8 nitrogen and oxygen atoms in total. The van der Waals surface area contributed by atoms with Crippen LogP contribution in [0.1, 0.15) is 34.8 Å². The van der Waals surface area contributed by atoms with E-state index < -0.39 is 5.91 Å². The van der Waals surface area contributed by atoms with Crippen LogP contribution in [0.3, 0.4) is 0 Å². The Hall–Kier alpha value is -3.42. The largest absolute Gasteiger partial charge is 0.365 e. The Bertz CT molecular complexity index is 935. The zero-order valence-electron chi connectivity index (χ0n) is 15.4. The lowest BCUT2D eigenvalue weighted by Crippen LogP contribution is -2.17. The molecule has 3 aromatic rings. The second-order valence-corrected chi connectivity index (χ2v) is 6.22. The van der Waals surface area contributed by atoms with E-state index in [2.05, 4.69) is 44.8 Å². The van der Waals surface area contributed by atoms with Crippen LogP contribution in [0, 0.1) is 0 Å². The van der Waals surface area contributed by atoms with E-state index in [0.717, 1.165) is 24.1 Å². The highest BCUT2D eigenvalue weighted by Crippen LogP contribution is 2.19. The maximum atomic E-state index is 11.7. The highest BCUT2D eigenvalue weighted by Gasteiger charge is 2.13. The van der Waals surface area contributed by atoms with Crippen molar-refractivity contribution in [2.45, 2.75) is 26.3 Å². The van der Waals surface area contributed by atoms with Crippen LogP contribution >= 0.6 is 0 Å². The van der Waals surface area contributed by atoms with E-state index in [0.29, 0.717) is 18.3 Å². The lowest BCUT2D eigenvalue weighted by atomic mass is 10.0. The van der Waals surface area contributed by atoms with Crippen molar-refractivity contribution in [3.05, 3.63) is 59.5 Å². The number of carbonyl (C=O) groups excluding carboxylic acids is 1. The van der Waals surface area contributed by atoms with Gasteiger partial charge in [0, 0.05) is 26.0 Å². The topological polar surface area (TPSA) is 111 Å². The predicted molar refractivity (Wildman–Crippen MR) is 105 cm³/mol. The lowest BCUT2D eigenvalue weighted by Gasteiger charge is -2.13. The summed E-state index contributed by atoms with van der Waals surface area (Å²) < 4.78 is 1.67. The van der Waals surface area contributed by atoms with Gasteiger partial charge in [0.15, 0.2) is 0 Å². The van der Waals surface area contributed by atoms with Gasteiger partial charge in [0.1, 0.15) is 5.82 Å². The highest BCUT2D eigenvalue weighted by atomic mass is 16.1. The first-order valence-electron chi connectivity index (χ1n) is 8.80. The van der Waals surface area contributed by atoms with Gasteiger partial charge in [0.25, 0.3) is 5.91 Å². The van der Waals surface area contributed by atoms with Gasteiger partial charge in [0.2, 0.25) is 5.95 Å². The Morgan fingerprint density at radius 2 is 2.00 bits per heavy atom. The van der Waals surface area contributed by atoms with Crippen LogP contribution in [-0.2, 0) is 20.0 Å². The molecule has 0 radical (unpaired) electrons. The van der Waals surface area contributed by atoms with Gasteiger partial charge in [-0.3, -0.25) is 9.48 Å². The molecular formula is C19H23N7O. The fourth-order valence-corrected chi connectivity index (χ4v) is 2.79. The van der Waals surface area contributed by atoms with Gasteiger partial charge in [-0.25, -0.2) is 4.98 Å². The normalized spacial score (nSPS) is 10.6. The van der Waals surface area contributed by atoms with E-state index in [-0.39, 0.29) is 5.56 Å². The molecule has 8 heteroatoms. The molecule has 2 heterocycles. The van der Waals surface area contributed by atoms with Gasteiger partial charge in [-0.2, -0.15) is 10.1 Å². The number of aryl methyl sites for hydroxylation is 2. The number of hydrogen-bond acceptors (Lipinski definition) is 6. The van der Waals surface area contributed by atoms with E-state index in [4.69, 9.17) is 5.73 Å². The van der Waals surface area contributed by atoms with E-state index >= 15 is 0 Å². The van der Waals surface area contributed by atoms with Crippen LogP contribution in [0.4, 0.5) is 17.5 Å². The summed E-state index contributed by atoms with van der Waals surface area (Å²) in [7, 11) is 1.82. The molecule has 0 unspecified atom stereocenters. The number of benzene rings is 1. The van der Waals surface area contributed by atoms with Gasteiger partial charge in [0.05, 0.1) is 17.4 Å². The lowest BCUT2D eigenvalue weighted by molar-refractivity contribution is 0.100. The first-order chi connectivity index (χ1) is 13.1. The van der Waals surface area contributed by atoms with Crippen molar-refractivity contribution in [1.82, 2.24) is 19.7 Å². The van der Waals surface area contributed by atoms with Crippen molar-refractivity contribution < 1.29 is 4.79 Å². The van der Waals surface area contributed by atoms with E-state index in [1.165, 1.54) is 11.8 Å². The molecule has 140 valence electrons. The van der Waals surface area contributed by atoms with E-state index in [1.54, 1.807) is 17.1 Å². The minimum atomic E-state index is -0.577. The van der Waals surface area contributed by atoms with Gasteiger partial charge >= 0.3 is 0 Å². The van der Waals surface area contributed by atoms with Crippen LogP contribution in [0.2, 0.25) is 0 Å². The first kappa shape index (κ1) is 18.4. The van der Waals surface area contributed by atoms with Crippen LogP contribution < -0.4 is 16.4 Å². The van der Waals surface area contributed by atoms with Crippen LogP contribution in [0.15, 0.2) is 42.9 Å². The van der Waals surface area contributed by atoms with Crippen LogP contribution in [0.5, 0.6) is 0 Å². The molecule has 0 saturated carbocycles. The second-order valence-electron chi connectivity index (χ2n) is 6.22. The standard InChI is InChI=1S/C19H23N7O/c1-3-6-13-7-4-5-8-14(13)9-21-18-16(17(20)27)11-22-19(25-18)24-15-10-23-26(2)12-15/h4-5,7-8,10-12H,3,6,9H2,1-2H3,(H2,20,27)(H2,21,22,24,25). The van der Waals surface area contributed by atoms with Gasteiger partial charge in [-0.05, 0) is 17.5 Å². The average Bonchev–Trinajstić information content (AvgIpc) is 3.06. The minimum Gasteiger partial charge on any atom is -0.365 e. The molecule has 3 rings (SSSR count). The van der Waals surface area contributed by atoms with Crippen molar-refractivity contribution >= 4 is 23.4 Å². The fourth-order valence-electron chi connectivity index (χ4n) is 2.79. The summed E-state index contributed by atoms with van der Waals surface area (Å²) in [5.41, 5.74) is 8.91. The number of anilines is 3. The number of nitrogens with two attached hydrogens (primary N) is 1. The average molecular weight is 365 g/mol. The predicted octanol–water partition coefficient (Wildman–Crippen LogP) is 2.62. The van der Waals surface area contributed by atoms with Gasteiger partial charge in [-0.1, -0.05) is 37.6 Å². The maximum Gasteiger partial charge on any atom is 0.254 e. The smallest absolute Gasteiger partial charge is 0.254 e. The molecule has 0 aliphatic heterocycles. The fraction of sp³-hybridized carbons (Fsp3) is 0.263. The van der Waals surface area contributed by atoms with Gasteiger partial charge in [-0.15, -0.1) is 0 Å². The molecule has 0 aliphatic carbocycles. The number of nitrogens with one attached hydrogen (secondary N) is 2. The number of primary amides is 1. The Morgan fingerprint density at radius 1 is 1.22 bits per heavy atom. The van der Waals surface area contributed by atoms with Crippen molar-refractivity contribution in [2.24, 2.45) is 12.8 Å². The number of carbonyl (C=O) groups is 1. The molecule has 0 aliphatic rings. The molecular weight excluding hydrogens is 342 g/mol. The monoisotopic (exact) mass is 365 g/mol. The molecule has 1 aromatic carbocycles. The third kappa shape index (κ3) is 4.60. The minimum absolute atomic E-state index is 0.250. The highest BCUT2D eigenvalue weighted by molar-refractivity contribution is 5.97. The molecule has 4 N–H and O–H groups in total. The molecule has 0 saturated heterocycles. The molecule has 1 amide bonds. The second kappa shape index (κ2) is 8.31. The SMILES string of the molecule is CCCc1ccccc1CNc1nc(Nc2cnn(C)c2)ncc1C(N)=O. The Kier molecular flexibility index (Phi) is 5.65. The van der Waals surface area contributed by atoms with Crippen molar-refractivity contribution in [3.8, 4) is 0 Å². The number of amides is 1. The van der Waals surface area contributed by atoms with Gasteiger partial charge < -0.3 is 16.4 Å². The Labute approximate surface area is 157 Å². The third-order valence-electron chi connectivity index (χ3n) is 4.10. The van der Waals surface area contributed by atoms with Crippen molar-refractivity contribution in [3.63, 3.8) is 0 Å². The molecule has 0 spiro atoms. The van der Waals surface area contributed by atoms with Crippen LogP contribution in [-0.4, -0.2) is 25.7 Å². The third-order valence-corrected chi connectivity index (χ3v) is 4.10. The first-order valence-corrected chi connectivity index (χ1v) is 8.80. The molecule has 0 atom stereocenters. The summed E-state index contributed by atoms with van der Waals surface area (Å²) in [6.45, 7) is 2.69.